The van der Waals surface area contributed by atoms with Crippen molar-refractivity contribution in [3.63, 3.8) is 0 Å². The molecular formula is C18H32N6O6. The summed E-state index contributed by atoms with van der Waals surface area (Å²) in [6.07, 6.45) is 2.12. The summed E-state index contributed by atoms with van der Waals surface area (Å²) in [4.78, 5) is 61.2. The van der Waals surface area contributed by atoms with Crippen molar-refractivity contribution in [2.75, 3.05) is 19.6 Å². The number of aliphatic carboxylic acids is 1. The standard InChI is InChI=1S/C18H32N6O6/c19-8-2-1-4-12(17(28)24-9-3-5-13(24)18(29)30)23-16(27)11(6-7-14(21)25)22-15(26)10-20/h11-13H,1-10,19-20H2,(H2,21,25)(H,22,26)(H,23,27)(H,29,30). The Labute approximate surface area is 174 Å². The maximum Gasteiger partial charge on any atom is 0.326 e. The number of unbranched alkanes of at least 4 members (excludes halogenated alkanes) is 1. The Balaban J connectivity index is 2.94. The van der Waals surface area contributed by atoms with Crippen LogP contribution in [0.25, 0.3) is 0 Å². The molecule has 4 amide bonds. The Hall–Kier alpha value is -2.73. The number of carboxylic acids is 1. The highest BCUT2D eigenvalue weighted by atomic mass is 16.4. The molecule has 1 heterocycles. The number of carboxylic acid groups (broad SMARTS) is 1. The molecule has 1 aliphatic heterocycles. The van der Waals surface area contributed by atoms with Crippen LogP contribution in [-0.2, 0) is 24.0 Å². The fourth-order valence-electron chi connectivity index (χ4n) is 3.32. The monoisotopic (exact) mass is 428 g/mol. The van der Waals surface area contributed by atoms with Gasteiger partial charge in [-0.15, -0.1) is 0 Å². The molecule has 0 radical (unpaired) electrons. The van der Waals surface area contributed by atoms with Crippen molar-refractivity contribution in [2.24, 2.45) is 17.2 Å². The van der Waals surface area contributed by atoms with E-state index in [0.29, 0.717) is 32.2 Å². The SMILES string of the molecule is NCCCCC(NC(=O)C(CCC(N)=O)NC(=O)CN)C(=O)N1CCCC1C(=O)O. The van der Waals surface area contributed by atoms with Crippen molar-refractivity contribution in [2.45, 2.75) is 63.1 Å². The minimum Gasteiger partial charge on any atom is -0.480 e. The maximum atomic E-state index is 13.0. The largest absolute Gasteiger partial charge is 0.480 e. The van der Waals surface area contributed by atoms with Gasteiger partial charge in [0.1, 0.15) is 18.1 Å². The topological polar surface area (TPSA) is 211 Å². The highest BCUT2D eigenvalue weighted by Gasteiger charge is 2.38. The molecule has 0 saturated carbocycles. The van der Waals surface area contributed by atoms with E-state index in [-0.39, 0.29) is 32.4 Å². The zero-order valence-electron chi connectivity index (χ0n) is 17.0. The van der Waals surface area contributed by atoms with Gasteiger partial charge < -0.3 is 37.8 Å². The van der Waals surface area contributed by atoms with Gasteiger partial charge in [0.05, 0.1) is 6.54 Å². The Kier molecular flexibility index (Phi) is 10.8. The van der Waals surface area contributed by atoms with Crippen molar-refractivity contribution in [1.82, 2.24) is 15.5 Å². The van der Waals surface area contributed by atoms with E-state index >= 15 is 0 Å². The average molecular weight is 428 g/mol. The van der Waals surface area contributed by atoms with Gasteiger partial charge >= 0.3 is 5.97 Å². The lowest BCUT2D eigenvalue weighted by atomic mass is 10.0. The normalized spacial score (nSPS) is 17.8. The fourth-order valence-corrected chi connectivity index (χ4v) is 3.32. The predicted molar refractivity (Wildman–Crippen MR) is 107 cm³/mol. The van der Waals surface area contributed by atoms with Crippen LogP contribution in [0.15, 0.2) is 0 Å². The number of likely N-dealkylation sites (tertiary alicyclic amines) is 1. The molecule has 3 atom stereocenters. The summed E-state index contributed by atoms with van der Waals surface area (Å²) >= 11 is 0. The summed E-state index contributed by atoms with van der Waals surface area (Å²) in [6, 6.07) is -3.02. The highest BCUT2D eigenvalue weighted by Crippen LogP contribution is 2.20. The van der Waals surface area contributed by atoms with Crippen LogP contribution in [0.3, 0.4) is 0 Å². The first-order chi connectivity index (χ1) is 14.2. The van der Waals surface area contributed by atoms with Crippen molar-refractivity contribution < 1.29 is 29.1 Å². The Bertz CT molecular complexity index is 643. The van der Waals surface area contributed by atoms with Crippen LogP contribution in [0.4, 0.5) is 0 Å². The first kappa shape index (κ1) is 25.3. The van der Waals surface area contributed by atoms with Crippen LogP contribution in [-0.4, -0.2) is 77.4 Å². The molecule has 30 heavy (non-hydrogen) atoms. The summed E-state index contributed by atoms with van der Waals surface area (Å²) in [6.45, 7) is 0.339. The quantitative estimate of drug-likeness (QED) is 0.171. The molecule has 0 aromatic rings. The molecule has 12 nitrogen and oxygen atoms in total. The van der Waals surface area contributed by atoms with E-state index in [0.717, 1.165) is 0 Å². The molecule has 1 saturated heterocycles. The van der Waals surface area contributed by atoms with E-state index in [2.05, 4.69) is 10.6 Å². The van der Waals surface area contributed by atoms with Crippen LogP contribution in [0.5, 0.6) is 0 Å². The number of rotatable bonds is 13. The third-order valence-corrected chi connectivity index (χ3v) is 4.90. The van der Waals surface area contributed by atoms with E-state index in [4.69, 9.17) is 17.2 Å². The summed E-state index contributed by atoms with van der Waals surface area (Å²) in [5, 5.41) is 14.3. The van der Waals surface area contributed by atoms with Gasteiger partial charge in [-0.3, -0.25) is 19.2 Å². The Morgan fingerprint density at radius 1 is 1.03 bits per heavy atom. The number of nitrogens with one attached hydrogen (secondary N) is 2. The van der Waals surface area contributed by atoms with Crippen molar-refractivity contribution in [3.8, 4) is 0 Å². The number of hydrogen-bond donors (Lipinski definition) is 6. The maximum absolute atomic E-state index is 13.0. The fraction of sp³-hybridized carbons (Fsp3) is 0.722. The Morgan fingerprint density at radius 3 is 2.30 bits per heavy atom. The molecule has 170 valence electrons. The van der Waals surface area contributed by atoms with Gasteiger partial charge in [0.15, 0.2) is 0 Å². The molecule has 0 aromatic carbocycles. The van der Waals surface area contributed by atoms with Gasteiger partial charge in [-0.05, 0) is 45.1 Å². The van der Waals surface area contributed by atoms with Gasteiger partial charge in [-0.1, -0.05) is 0 Å². The van der Waals surface area contributed by atoms with Crippen LogP contribution in [0.2, 0.25) is 0 Å². The van der Waals surface area contributed by atoms with Crippen molar-refractivity contribution in [1.29, 1.82) is 0 Å². The van der Waals surface area contributed by atoms with Crippen LogP contribution >= 0.6 is 0 Å². The molecule has 9 N–H and O–H groups in total. The van der Waals surface area contributed by atoms with Gasteiger partial charge in [-0.2, -0.15) is 0 Å². The number of primary amides is 1. The molecule has 12 heteroatoms. The van der Waals surface area contributed by atoms with Crippen LogP contribution in [0, 0.1) is 0 Å². The number of carbonyl (C=O) groups is 5. The third kappa shape index (κ3) is 7.95. The van der Waals surface area contributed by atoms with Crippen LogP contribution < -0.4 is 27.8 Å². The van der Waals surface area contributed by atoms with Gasteiger partial charge in [0.25, 0.3) is 0 Å². The number of amides is 4. The number of nitrogens with zero attached hydrogens (tertiary/aromatic N) is 1. The van der Waals surface area contributed by atoms with E-state index < -0.39 is 47.7 Å². The van der Waals surface area contributed by atoms with E-state index in [9.17, 15) is 29.1 Å². The summed E-state index contributed by atoms with van der Waals surface area (Å²) < 4.78 is 0. The lowest BCUT2D eigenvalue weighted by molar-refractivity contribution is -0.149. The third-order valence-electron chi connectivity index (χ3n) is 4.90. The lowest BCUT2D eigenvalue weighted by Gasteiger charge is -2.28. The number of hydrogen-bond acceptors (Lipinski definition) is 7. The molecular weight excluding hydrogens is 396 g/mol. The summed E-state index contributed by atoms with van der Waals surface area (Å²) in [7, 11) is 0. The van der Waals surface area contributed by atoms with Crippen molar-refractivity contribution >= 4 is 29.6 Å². The molecule has 0 bridgehead atoms. The van der Waals surface area contributed by atoms with Gasteiger partial charge in [0, 0.05) is 13.0 Å². The smallest absolute Gasteiger partial charge is 0.326 e. The van der Waals surface area contributed by atoms with Crippen LogP contribution in [0.1, 0.15) is 44.9 Å². The Morgan fingerprint density at radius 2 is 1.73 bits per heavy atom. The minimum atomic E-state index is -1.10. The second kappa shape index (κ2) is 12.8. The van der Waals surface area contributed by atoms with Gasteiger partial charge in [-0.25, -0.2) is 4.79 Å². The molecule has 0 spiro atoms. The highest BCUT2D eigenvalue weighted by molar-refractivity contribution is 5.94. The predicted octanol–water partition coefficient (Wildman–Crippen LogP) is -2.62. The second-order valence-corrected chi connectivity index (χ2v) is 7.20. The average Bonchev–Trinajstić information content (AvgIpc) is 3.19. The molecule has 3 unspecified atom stereocenters. The van der Waals surface area contributed by atoms with E-state index in [1.165, 1.54) is 4.90 Å². The van der Waals surface area contributed by atoms with E-state index in [1.54, 1.807) is 0 Å². The first-order valence-corrected chi connectivity index (χ1v) is 10.0. The molecule has 1 fully saturated rings. The number of carbonyl (C=O) groups excluding carboxylic acids is 4. The molecule has 0 aliphatic carbocycles. The molecule has 1 rings (SSSR count). The zero-order valence-corrected chi connectivity index (χ0v) is 17.0. The summed E-state index contributed by atoms with van der Waals surface area (Å²) in [5.74, 6) is -3.51. The molecule has 0 aromatic heterocycles. The second-order valence-electron chi connectivity index (χ2n) is 7.20. The zero-order chi connectivity index (χ0) is 22.7. The van der Waals surface area contributed by atoms with E-state index in [1.807, 2.05) is 0 Å². The van der Waals surface area contributed by atoms with Gasteiger partial charge in [0.2, 0.25) is 23.6 Å². The summed E-state index contributed by atoms with van der Waals surface area (Å²) in [5.41, 5.74) is 15.9. The number of nitrogens with two attached hydrogens (primary N) is 3. The lowest BCUT2D eigenvalue weighted by Crippen LogP contribution is -2.56. The minimum absolute atomic E-state index is 0.0575. The first-order valence-electron chi connectivity index (χ1n) is 10.0. The molecule has 1 aliphatic rings. The van der Waals surface area contributed by atoms with Crippen molar-refractivity contribution in [3.05, 3.63) is 0 Å².